The number of nitrogens with zero attached hydrogens (tertiary/aromatic N) is 2. The fourth-order valence-electron chi connectivity index (χ4n) is 2.52. The van der Waals surface area contributed by atoms with Crippen molar-refractivity contribution in [1.82, 2.24) is 15.5 Å². The molecule has 1 aromatic carbocycles. The number of guanidine groups is 1. The lowest BCUT2D eigenvalue weighted by atomic mass is 10.2. The van der Waals surface area contributed by atoms with Crippen LogP contribution in [0.1, 0.15) is 32.3 Å². The molecular formula is C20H37IN4OS. The fraction of sp³-hybridized carbons (Fsp3) is 0.650. The summed E-state index contributed by atoms with van der Waals surface area (Å²) < 4.78 is 5.83. The van der Waals surface area contributed by atoms with Gasteiger partial charge in [0.05, 0.1) is 0 Å². The van der Waals surface area contributed by atoms with Gasteiger partial charge in [-0.2, -0.15) is 11.8 Å². The van der Waals surface area contributed by atoms with E-state index in [2.05, 4.69) is 52.8 Å². The average Bonchev–Trinajstić information content (AvgIpc) is 2.68. The summed E-state index contributed by atoms with van der Waals surface area (Å²) in [7, 11) is 1.81. The van der Waals surface area contributed by atoms with Gasteiger partial charge in [0, 0.05) is 26.7 Å². The number of likely N-dealkylation sites (N-methyl/N-ethyl adjacent to an activating group) is 1. The van der Waals surface area contributed by atoms with Crippen molar-refractivity contribution in [2.75, 3.05) is 51.8 Å². The van der Waals surface area contributed by atoms with Crippen LogP contribution in [-0.2, 0) is 6.54 Å². The predicted octanol–water partition coefficient (Wildman–Crippen LogP) is 3.83. The summed E-state index contributed by atoms with van der Waals surface area (Å²) >= 11 is 1.90. The van der Waals surface area contributed by atoms with E-state index in [1.54, 1.807) is 0 Å². The number of rotatable bonds is 13. The lowest BCUT2D eigenvalue weighted by Crippen LogP contribution is -2.37. The standard InChI is InChI=1S/C20H36N4OS.HI/c1-5-24(6-2)14-15-25-19-11-9-18(10-12-19)17-23-20(21-3)22-13-7-8-16-26-4;/h9-12H,5-8,13-17H2,1-4H3,(H2,21,22,23);1H. The van der Waals surface area contributed by atoms with Crippen molar-refractivity contribution in [3.05, 3.63) is 29.8 Å². The highest BCUT2D eigenvalue weighted by Gasteiger charge is 2.01. The largest absolute Gasteiger partial charge is 0.492 e. The molecule has 27 heavy (non-hydrogen) atoms. The van der Waals surface area contributed by atoms with E-state index in [0.717, 1.165) is 51.0 Å². The number of unbranched alkanes of at least 4 members (excludes halogenated alkanes) is 1. The second-order valence-corrected chi connectivity index (χ2v) is 7.06. The van der Waals surface area contributed by atoms with Crippen molar-refractivity contribution in [3.8, 4) is 5.75 Å². The number of nitrogens with one attached hydrogen (secondary N) is 2. The molecule has 0 aliphatic carbocycles. The summed E-state index contributed by atoms with van der Waals surface area (Å²) in [5.41, 5.74) is 1.21. The molecule has 0 aliphatic heterocycles. The van der Waals surface area contributed by atoms with Crippen LogP contribution in [0, 0.1) is 0 Å². The summed E-state index contributed by atoms with van der Waals surface area (Å²) in [6.07, 6.45) is 4.55. The third-order valence-corrected chi connectivity index (χ3v) is 4.94. The van der Waals surface area contributed by atoms with Gasteiger partial charge < -0.3 is 20.3 Å². The molecule has 0 bridgehead atoms. The molecule has 0 saturated carbocycles. The first-order valence-electron chi connectivity index (χ1n) is 9.61. The summed E-state index contributed by atoms with van der Waals surface area (Å²) in [6.45, 7) is 9.90. The molecule has 156 valence electrons. The topological polar surface area (TPSA) is 48.9 Å². The number of halogens is 1. The van der Waals surface area contributed by atoms with E-state index in [0.29, 0.717) is 0 Å². The zero-order valence-electron chi connectivity index (χ0n) is 17.3. The third kappa shape index (κ3) is 12.4. The lowest BCUT2D eigenvalue weighted by molar-refractivity contribution is 0.223. The average molecular weight is 509 g/mol. The highest BCUT2D eigenvalue weighted by molar-refractivity contribution is 14.0. The first-order chi connectivity index (χ1) is 12.7. The number of hydrogen-bond acceptors (Lipinski definition) is 4. The minimum Gasteiger partial charge on any atom is -0.492 e. The Labute approximate surface area is 187 Å². The van der Waals surface area contributed by atoms with Gasteiger partial charge in [-0.15, -0.1) is 24.0 Å². The quantitative estimate of drug-likeness (QED) is 0.184. The van der Waals surface area contributed by atoms with E-state index >= 15 is 0 Å². The SMILES string of the molecule is CCN(CC)CCOc1ccc(CNC(=NC)NCCCCSC)cc1.I. The van der Waals surface area contributed by atoms with Crippen LogP contribution in [0.25, 0.3) is 0 Å². The van der Waals surface area contributed by atoms with Crippen molar-refractivity contribution in [3.63, 3.8) is 0 Å². The van der Waals surface area contributed by atoms with E-state index in [1.165, 1.54) is 24.2 Å². The normalized spacial score (nSPS) is 11.2. The van der Waals surface area contributed by atoms with E-state index < -0.39 is 0 Å². The Hall–Kier alpha value is -0.670. The second kappa shape index (κ2) is 17.4. The van der Waals surface area contributed by atoms with Crippen LogP contribution in [-0.4, -0.2) is 62.7 Å². The maximum absolute atomic E-state index is 5.83. The molecule has 0 amide bonds. The maximum Gasteiger partial charge on any atom is 0.191 e. The highest BCUT2D eigenvalue weighted by Crippen LogP contribution is 2.12. The molecule has 0 saturated heterocycles. The van der Waals surface area contributed by atoms with Gasteiger partial charge in [-0.1, -0.05) is 26.0 Å². The van der Waals surface area contributed by atoms with Crippen molar-refractivity contribution < 1.29 is 4.74 Å². The number of benzene rings is 1. The zero-order chi connectivity index (χ0) is 19.0. The number of ether oxygens (including phenoxy) is 1. The van der Waals surface area contributed by atoms with Crippen LogP contribution in [0.5, 0.6) is 5.75 Å². The van der Waals surface area contributed by atoms with Crippen molar-refractivity contribution >= 4 is 41.7 Å². The van der Waals surface area contributed by atoms with Gasteiger partial charge in [-0.25, -0.2) is 0 Å². The Morgan fingerprint density at radius 2 is 1.81 bits per heavy atom. The van der Waals surface area contributed by atoms with Crippen molar-refractivity contribution in [2.45, 2.75) is 33.2 Å². The molecule has 7 heteroatoms. The Bertz CT molecular complexity index is 495. The Morgan fingerprint density at radius 3 is 2.41 bits per heavy atom. The van der Waals surface area contributed by atoms with Crippen molar-refractivity contribution in [1.29, 1.82) is 0 Å². The summed E-state index contributed by atoms with van der Waals surface area (Å²) in [4.78, 5) is 6.63. The molecular weight excluding hydrogens is 471 g/mol. The van der Waals surface area contributed by atoms with Gasteiger partial charge in [0.15, 0.2) is 5.96 Å². The first kappa shape index (κ1) is 26.3. The number of hydrogen-bond donors (Lipinski definition) is 2. The van der Waals surface area contributed by atoms with E-state index in [4.69, 9.17) is 4.74 Å². The van der Waals surface area contributed by atoms with Crippen LogP contribution in [0.15, 0.2) is 29.3 Å². The third-order valence-electron chi connectivity index (χ3n) is 4.25. The Kier molecular flexibility index (Phi) is 17.0. The first-order valence-corrected chi connectivity index (χ1v) is 11.0. The Balaban J connectivity index is 0.00000676. The summed E-state index contributed by atoms with van der Waals surface area (Å²) in [6, 6.07) is 8.28. The molecule has 0 radical (unpaired) electrons. The van der Waals surface area contributed by atoms with E-state index in [1.807, 2.05) is 30.9 Å². The molecule has 0 aromatic heterocycles. The lowest BCUT2D eigenvalue weighted by Gasteiger charge is -2.18. The van der Waals surface area contributed by atoms with Crippen LogP contribution < -0.4 is 15.4 Å². The minimum absolute atomic E-state index is 0. The second-order valence-electron chi connectivity index (χ2n) is 6.07. The molecule has 0 unspecified atom stereocenters. The van der Waals surface area contributed by atoms with E-state index in [9.17, 15) is 0 Å². The maximum atomic E-state index is 5.83. The van der Waals surface area contributed by atoms with Crippen LogP contribution >= 0.6 is 35.7 Å². The zero-order valence-corrected chi connectivity index (χ0v) is 20.4. The highest BCUT2D eigenvalue weighted by atomic mass is 127. The van der Waals surface area contributed by atoms with Gasteiger partial charge in [-0.05, 0) is 55.6 Å². The van der Waals surface area contributed by atoms with Crippen LogP contribution in [0.2, 0.25) is 0 Å². The molecule has 0 heterocycles. The van der Waals surface area contributed by atoms with E-state index in [-0.39, 0.29) is 24.0 Å². The number of aliphatic imine (C=N–C) groups is 1. The predicted molar refractivity (Wildman–Crippen MR) is 131 cm³/mol. The monoisotopic (exact) mass is 508 g/mol. The van der Waals surface area contributed by atoms with Crippen LogP contribution in [0.3, 0.4) is 0 Å². The van der Waals surface area contributed by atoms with Gasteiger partial charge in [0.2, 0.25) is 0 Å². The molecule has 1 rings (SSSR count). The summed E-state index contributed by atoms with van der Waals surface area (Å²) in [5.74, 6) is 3.00. The summed E-state index contributed by atoms with van der Waals surface area (Å²) in [5, 5.41) is 6.72. The fourth-order valence-corrected chi connectivity index (χ4v) is 3.01. The molecule has 0 fully saturated rings. The molecule has 0 atom stereocenters. The number of thioether (sulfide) groups is 1. The molecule has 0 aliphatic rings. The molecule has 0 spiro atoms. The smallest absolute Gasteiger partial charge is 0.191 e. The van der Waals surface area contributed by atoms with Crippen LogP contribution in [0.4, 0.5) is 0 Å². The molecule has 2 N–H and O–H groups in total. The molecule has 1 aromatic rings. The van der Waals surface area contributed by atoms with Gasteiger partial charge in [0.25, 0.3) is 0 Å². The van der Waals surface area contributed by atoms with Crippen molar-refractivity contribution in [2.24, 2.45) is 4.99 Å². The van der Waals surface area contributed by atoms with Gasteiger partial charge >= 0.3 is 0 Å². The molecule has 5 nitrogen and oxygen atoms in total. The van der Waals surface area contributed by atoms with Gasteiger partial charge in [-0.3, -0.25) is 4.99 Å². The Morgan fingerprint density at radius 1 is 1.11 bits per heavy atom. The van der Waals surface area contributed by atoms with Gasteiger partial charge in [0.1, 0.15) is 12.4 Å². The minimum atomic E-state index is 0.